The minimum Gasteiger partial charge on any atom is -0.496 e. The van der Waals surface area contributed by atoms with Gasteiger partial charge < -0.3 is 10.1 Å². The van der Waals surface area contributed by atoms with E-state index in [1.807, 2.05) is 37.3 Å². The second kappa shape index (κ2) is 8.71. The number of nitrogens with one attached hydrogen (secondary N) is 2. The van der Waals surface area contributed by atoms with Crippen molar-refractivity contribution in [2.24, 2.45) is 0 Å². The highest BCUT2D eigenvalue weighted by Crippen LogP contribution is 2.29. The average molecular weight is 398 g/mol. The lowest BCUT2D eigenvalue weighted by Crippen LogP contribution is -2.15. The second-order valence-electron chi connectivity index (χ2n) is 6.11. The number of para-hydroxylation sites is 1. The molecule has 3 aromatic rings. The Morgan fingerprint density at radius 1 is 1.00 bits per heavy atom. The Labute approximate surface area is 164 Å². The summed E-state index contributed by atoms with van der Waals surface area (Å²) < 4.78 is 31.6. The number of ether oxygens (including phenoxy) is 1. The first-order valence-electron chi connectivity index (χ1n) is 8.84. The molecule has 0 unspecified atom stereocenters. The van der Waals surface area contributed by atoms with E-state index in [0.29, 0.717) is 17.9 Å². The van der Waals surface area contributed by atoms with Crippen molar-refractivity contribution in [3.63, 3.8) is 0 Å². The Morgan fingerprint density at radius 2 is 1.71 bits per heavy atom. The van der Waals surface area contributed by atoms with E-state index < -0.39 is 10.0 Å². The van der Waals surface area contributed by atoms with Crippen molar-refractivity contribution in [1.82, 2.24) is 9.97 Å². The lowest BCUT2D eigenvalue weighted by molar-refractivity contribution is 0.416. The first kappa shape index (κ1) is 19.6. The molecule has 0 saturated carbocycles. The standard InChI is InChI=1S/C20H22N4O3S/c1-3-12-28(25,26)24-16-10-8-15(9-11-16)23-20-13-18(21-14-22-20)17-6-4-5-7-19(17)27-2/h4-11,13-14,24H,3,12H2,1-2H3,(H,21,22,23). The highest BCUT2D eigenvalue weighted by molar-refractivity contribution is 7.92. The maximum Gasteiger partial charge on any atom is 0.232 e. The summed E-state index contributed by atoms with van der Waals surface area (Å²) >= 11 is 0. The number of benzene rings is 2. The molecule has 2 N–H and O–H groups in total. The third-order valence-electron chi connectivity index (χ3n) is 3.95. The zero-order valence-corrected chi connectivity index (χ0v) is 16.5. The molecule has 0 atom stereocenters. The minimum absolute atomic E-state index is 0.0969. The van der Waals surface area contributed by atoms with E-state index in [9.17, 15) is 8.42 Å². The fourth-order valence-corrected chi connectivity index (χ4v) is 3.83. The normalized spacial score (nSPS) is 11.1. The molecule has 0 aliphatic carbocycles. The number of rotatable bonds is 8. The van der Waals surface area contributed by atoms with E-state index in [1.54, 1.807) is 31.4 Å². The predicted molar refractivity (Wildman–Crippen MR) is 111 cm³/mol. The number of aromatic nitrogens is 2. The van der Waals surface area contributed by atoms with Gasteiger partial charge in [-0.3, -0.25) is 4.72 Å². The molecule has 0 saturated heterocycles. The number of hydrogen-bond donors (Lipinski definition) is 2. The summed E-state index contributed by atoms with van der Waals surface area (Å²) in [7, 11) is -1.68. The highest BCUT2D eigenvalue weighted by Gasteiger charge is 2.10. The molecule has 0 amide bonds. The van der Waals surface area contributed by atoms with Crippen LogP contribution in [0.2, 0.25) is 0 Å². The van der Waals surface area contributed by atoms with Crippen molar-refractivity contribution < 1.29 is 13.2 Å². The van der Waals surface area contributed by atoms with Gasteiger partial charge in [0.2, 0.25) is 10.0 Å². The largest absolute Gasteiger partial charge is 0.496 e. The molecule has 0 aliphatic rings. The molecule has 2 aromatic carbocycles. The molecular weight excluding hydrogens is 376 g/mol. The van der Waals surface area contributed by atoms with Gasteiger partial charge in [-0.2, -0.15) is 0 Å². The second-order valence-corrected chi connectivity index (χ2v) is 7.95. The van der Waals surface area contributed by atoms with Gasteiger partial charge in [0.1, 0.15) is 17.9 Å². The van der Waals surface area contributed by atoms with Gasteiger partial charge >= 0.3 is 0 Å². The number of methoxy groups -OCH3 is 1. The Balaban J connectivity index is 1.76. The molecule has 0 fully saturated rings. The fraction of sp³-hybridized carbons (Fsp3) is 0.200. The molecule has 0 radical (unpaired) electrons. The van der Waals surface area contributed by atoms with Gasteiger partial charge in [0.15, 0.2) is 0 Å². The van der Waals surface area contributed by atoms with Gasteiger partial charge in [-0.25, -0.2) is 18.4 Å². The lowest BCUT2D eigenvalue weighted by atomic mass is 10.1. The molecule has 0 aliphatic heterocycles. The monoisotopic (exact) mass is 398 g/mol. The number of sulfonamides is 1. The van der Waals surface area contributed by atoms with Crippen LogP contribution in [0, 0.1) is 0 Å². The highest BCUT2D eigenvalue weighted by atomic mass is 32.2. The summed E-state index contributed by atoms with van der Waals surface area (Å²) in [5.41, 5.74) is 2.91. The van der Waals surface area contributed by atoms with Crippen LogP contribution >= 0.6 is 0 Å². The van der Waals surface area contributed by atoms with Crippen LogP contribution in [-0.4, -0.2) is 31.2 Å². The first-order valence-corrected chi connectivity index (χ1v) is 10.5. The van der Waals surface area contributed by atoms with E-state index in [2.05, 4.69) is 20.0 Å². The van der Waals surface area contributed by atoms with Crippen molar-refractivity contribution in [3.8, 4) is 17.0 Å². The van der Waals surface area contributed by atoms with Crippen LogP contribution in [0.5, 0.6) is 5.75 Å². The molecular formula is C20H22N4O3S. The molecule has 146 valence electrons. The van der Waals surface area contributed by atoms with Gasteiger partial charge in [-0.05, 0) is 42.8 Å². The van der Waals surface area contributed by atoms with Crippen LogP contribution in [-0.2, 0) is 10.0 Å². The van der Waals surface area contributed by atoms with Crippen LogP contribution in [0.4, 0.5) is 17.2 Å². The van der Waals surface area contributed by atoms with Gasteiger partial charge in [-0.15, -0.1) is 0 Å². The van der Waals surface area contributed by atoms with Crippen molar-refractivity contribution >= 4 is 27.2 Å². The molecule has 0 bridgehead atoms. The molecule has 8 heteroatoms. The summed E-state index contributed by atoms with van der Waals surface area (Å²) in [6, 6.07) is 16.4. The van der Waals surface area contributed by atoms with Crippen LogP contribution < -0.4 is 14.8 Å². The zero-order valence-electron chi connectivity index (χ0n) is 15.7. The molecule has 1 heterocycles. The van der Waals surface area contributed by atoms with Gasteiger partial charge in [-0.1, -0.05) is 19.1 Å². The number of anilines is 3. The maximum absolute atomic E-state index is 11.8. The fourth-order valence-electron chi connectivity index (χ4n) is 2.70. The molecule has 28 heavy (non-hydrogen) atoms. The molecule has 7 nitrogen and oxygen atoms in total. The quantitative estimate of drug-likeness (QED) is 0.595. The summed E-state index contributed by atoms with van der Waals surface area (Å²) in [6.07, 6.45) is 2.05. The van der Waals surface area contributed by atoms with Crippen LogP contribution in [0.1, 0.15) is 13.3 Å². The predicted octanol–water partition coefficient (Wildman–Crippen LogP) is 4.05. The SMILES string of the molecule is CCCS(=O)(=O)Nc1ccc(Nc2cc(-c3ccccc3OC)ncn2)cc1. The van der Waals surface area contributed by atoms with E-state index >= 15 is 0 Å². The van der Waals surface area contributed by atoms with E-state index in [-0.39, 0.29) is 5.75 Å². The van der Waals surface area contributed by atoms with Crippen molar-refractivity contribution in [2.75, 3.05) is 22.9 Å². The third kappa shape index (κ3) is 4.98. The zero-order chi connectivity index (χ0) is 20.0. The van der Waals surface area contributed by atoms with E-state index in [1.165, 1.54) is 6.33 Å². The third-order valence-corrected chi connectivity index (χ3v) is 5.45. The molecule has 3 rings (SSSR count). The van der Waals surface area contributed by atoms with Crippen LogP contribution in [0.25, 0.3) is 11.3 Å². The van der Waals surface area contributed by atoms with Crippen molar-refractivity contribution in [2.45, 2.75) is 13.3 Å². The van der Waals surface area contributed by atoms with Crippen LogP contribution in [0.15, 0.2) is 60.9 Å². The Bertz CT molecular complexity index is 1040. The van der Waals surface area contributed by atoms with Crippen molar-refractivity contribution in [3.05, 3.63) is 60.9 Å². The maximum atomic E-state index is 11.8. The Morgan fingerprint density at radius 3 is 2.43 bits per heavy atom. The smallest absolute Gasteiger partial charge is 0.232 e. The minimum atomic E-state index is -3.30. The average Bonchev–Trinajstić information content (AvgIpc) is 2.69. The van der Waals surface area contributed by atoms with Gasteiger partial charge in [0.25, 0.3) is 0 Å². The number of nitrogens with zero attached hydrogens (tertiary/aromatic N) is 2. The summed E-state index contributed by atoms with van der Waals surface area (Å²) in [4.78, 5) is 8.57. The summed E-state index contributed by atoms with van der Waals surface area (Å²) in [5.74, 6) is 1.45. The molecule has 0 spiro atoms. The van der Waals surface area contributed by atoms with Crippen LogP contribution in [0.3, 0.4) is 0 Å². The summed E-state index contributed by atoms with van der Waals surface area (Å²) in [6.45, 7) is 1.83. The van der Waals surface area contributed by atoms with Crippen molar-refractivity contribution in [1.29, 1.82) is 0 Å². The van der Waals surface area contributed by atoms with Gasteiger partial charge in [0, 0.05) is 23.0 Å². The van der Waals surface area contributed by atoms with E-state index in [0.717, 1.165) is 22.7 Å². The lowest BCUT2D eigenvalue weighted by Gasteiger charge is -2.11. The Hall–Kier alpha value is -3.13. The van der Waals surface area contributed by atoms with E-state index in [4.69, 9.17) is 4.74 Å². The Kier molecular flexibility index (Phi) is 6.10. The number of hydrogen-bond acceptors (Lipinski definition) is 6. The topological polar surface area (TPSA) is 93.2 Å². The summed E-state index contributed by atoms with van der Waals surface area (Å²) in [5, 5.41) is 3.20. The first-order chi connectivity index (χ1) is 13.5. The molecule has 1 aromatic heterocycles. The van der Waals surface area contributed by atoms with Gasteiger partial charge in [0.05, 0.1) is 18.6 Å².